The van der Waals surface area contributed by atoms with E-state index in [0.717, 1.165) is 6.92 Å². The summed E-state index contributed by atoms with van der Waals surface area (Å²) >= 11 is 0. The van der Waals surface area contributed by atoms with Gasteiger partial charge in [-0.15, -0.1) is 0 Å². The summed E-state index contributed by atoms with van der Waals surface area (Å²) < 4.78 is 0. The third kappa shape index (κ3) is 10.9. The van der Waals surface area contributed by atoms with Crippen LogP contribution in [0.5, 0.6) is 5.75 Å². The number of hydrogen-bond donors (Lipinski definition) is 9. The summed E-state index contributed by atoms with van der Waals surface area (Å²) in [6, 6.07) is -0.815. The average Bonchev–Trinajstić information content (AvgIpc) is 2.80. The number of carbonyl (C=O) groups is 6. The minimum absolute atomic E-state index is 0.0858. The van der Waals surface area contributed by atoms with Crippen LogP contribution in [0, 0.1) is 0 Å². The normalized spacial score (nSPS) is 14.8. The Labute approximate surface area is 210 Å². The molecule has 0 saturated heterocycles. The number of nitrogens with one attached hydrogen (secondary N) is 3. The van der Waals surface area contributed by atoms with Crippen molar-refractivity contribution in [2.75, 3.05) is 0 Å². The summed E-state index contributed by atoms with van der Waals surface area (Å²) in [7, 11) is 0. The number of carboxylic acid groups (broad SMARTS) is 3. The van der Waals surface area contributed by atoms with Crippen molar-refractivity contribution in [2.24, 2.45) is 5.73 Å². The Morgan fingerprint density at radius 2 is 1.41 bits per heavy atom. The molecule has 1 rings (SSSR count). The van der Waals surface area contributed by atoms with E-state index >= 15 is 0 Å². The zero-order valence-corrected chi connectivity index (χ0v) is 19.8. The number of benzene rings is 1. The Kier molecular flexibility index (Phi) is 11.9. The Balaban J connectivity index is 3.11. The molecule has 1 aromatic rings. The van der Waals surface area contributed by atoms with E-state index in [1.165, 1.54) is 24.3 Å². The summed E-state index contributed by atoms with van der Waals surface area (Å²) in [6.07, 6.45) is -3.35. The number of hydrogen-bond acceptors (Lipinski definition) is 9. The Hall–Kier alpha value is -4.24. The second-order valence-electron chi connectivity index (χ2n) is 8.19. The molecule has 15 heteroatoms. The van der Waals surface area contributed by atoms with Gasteiger partial charge in [0.25, 0.3) is 0 Å². The lowest BCUT2D eigenvalue weighted by Gasteiger charge is -2.26. The number of amides is 3. The summed E-state index contributed by atoms with van der Waals surface area (Å²) in [5.41, 5.74) is 6.04. The number of carbonyl (C=O) groups excluding carboxylic acids is 3. The van der Waals surface area contributed by atoms with E-state index in [2.05, 4.69) is 10.6 Å². The van der Waals surface area contributed by atoms with Gasteiger partial charge in [-0.1, -0.05) is 12.1 Å². The van der Waals surface area contributed by atoms with E-state index in [9.17, 15) is 44.1 Å². The Bertz CT molecular complexity index is 997. The maximum Gasteiger partial charge on any atom is 0.326 e. The van der Waals surface area contributed by atoms with Gasteiger partial charge < -0.3 is 47.2 Å². The van der Waals surface area contributed by atoms with Gasteiger partial charge in [-0.05, 0) is 31.0 Å². The van der Waals surface area contributed by atoms with Crippen molar-refractivity contribution in [3.8, 4) is 5.75 Å². The number of rotatable bonds is 15. The molecule has 0 heterocycles. The lowest BCUT2D eigenvalue weighted by Crippen LogP contribution is -2.60. The fourth-order valence-corrected chi connectivity index (χ4v) is 3.06. The summed E-state index contributed by atoms with van der Waals surface area (Å²) in [5.74, 6) is -7.47. The Morgan fingerprint density at radius 3 is 1.89 bits per heavy atom. The van der Waals surface area contributed by atoms with Gasteiger partial charge in [0.2, 0.25) is 17.7 Å². The van der Waals surface area contributed by atoms with Crippen molar-refractivity contribution in [3.63, 3.8) is 0 Å². The SMILES string of the molecule is CC(O)C(NC(=O)C(N)CCC(=O)O)C(=O)NC(Cc1ccc(O)cc1)C(=O)NC(CC(=O)O)C(=O)O. The van der Waals surface area contributed by atoms with Gasteiger partial charge in [-0.25, -0.2) is 4.79 Å². The van der Waals surface area contributed by atoms with Gasteiger partial charge in [-0.2, -0.15) is 0 Å². The monoisotopic (exact) mass is 526 g/mol. The quantitative estimate of drug-likeness (QED) is 0.115. The number of aliphatic carboxylic acids is 3. The van der Waals surface area contributed by atoms with E-state index in [4.69, 9.17) is 15.9 Å². The first kappa shape index (κ1) is 30.8. The molecule has 204 valence electrons. The van der Waals surface area contributed by atoms with Crippen LogP contribution in [0.1, 0.15) is 31.7 Å². The molecule has 0 saturated carbocycles. The molecule has 0 aliphatic rings. The van der Waals surface area contributed by atoms with Gasteiger partial charge in [0.15, 0.2) is 0 Å². The van der Waals surface area contributed by atoms with Gasteiger partial charge in [0.05, 0.1) is 18.6 Å². The van der Waals surface area contributed by atoms with Crippen molar-refractivity contribution < 1.29 is 54.3 Å². The van der Waals surface area contributed by atoms with E-state index in [1.807, 2.05) is 5.32 Å². The molecule has 10 N–H and O–H groups in total. The van der Waals surface area contributed by atoms with Crippen molar-refractivity contribution in [1.82, 2.24) is 16.0 Å². The molecule has 0 aromatic heterocycles. The minimum Gasteiger partial charge on any atom is -0.508 e. The van der Waals surface area contributed by atoms with Crippen LogP contribution in [0.15, 0.2) is 24.3 Å². The number of nitrogens with two attached hydrogens (primary N) is 1. The number of phenolic OH excluding ortho intramolecular Hbond substituents is 1. The predicted molar refractivity (Wildman–Crippen MR) is 124 cm³/mol. The zero-order valence-electron chi connectivity index (χ0n) is 19.8. The number of aliphatic hydroxyl groups excluding tert-OH is 1. The molecule has 1 aromatic carbocycles. The first-order chi connectivity index (χ1) is 17.2. The van der Waals surface area contributed by atoms with Crippen LogP contribution in [0.25, 0.3) is 0 Å². The van der Waals surface area contributed by atoms with Crippen LogP contribution in [-0.2, 0) is 35.2 Å². The molecule has 0 spiro atoms. The second kappa shape index (κ2) is 14.4. The van der Waals surface area contributed by atoms with Gasteiger partial charge in [0.1, 0.15) is 23.9 Å². The molecular formula is C22H30N4O11. The molecule has 37 heavy (non-hydrogen) atoms. The van der Waals surface area contributed by atoms with Crippen molar-refractivity contribution in [2.45, 2.75) is 62.9 Å². The largest absolute Gasteiger partial charge is 0.508 e. The highest BCUT2D eigenvalue weighted by Crippen LogP contribution is 2.12. The van der Waals surface area contributed by atoms with Crippen LogP contribution in [0.2, 0.25) is 0 Å². The van der Waals surface area contributed by atoms with Crippen LogP contribution in [-0.4, -0.2) is 91.4 Å². The van der Waals surface area contributed by atoms with Crippen LogP contribution >= 0.6 is 0 Å². The molecule has 0 fully saturated rings. The van der Waals surface area contributed by atoms with Crippen LogP contribution in [0.4, 0.5) is 0 Å². The van der Waals surface area contributed by atoms with Crippen molar-refractivity contribution in [1.29, 1.82) is 0 Å². The van der Waals surface area contributed by atoms with E-state index in [0.29, 0.717) is 5.56 Å². The highest BCUT2D eigenvalue weighted by atomic mass is 16.4. The number of aromatic hydroxyl groups is 1. The first-order valence-electron chi connectivity index (χ1n) is 11.0. The topological polar surface area (TPSA) is 266 Å². The molecular weight excluding hydrogens is 496 g/mol. The lowest BCUT2D eigenvalue weighted by atomic mass is 10.0. The number of aliphatic hydroxyl groups is 1. The fourth-order valence-electron chi connectivity index (χ4n) is 3.06. The maximum atomic E-state index is 12.9. The summed E-state index contributed by atoms with van der Waals surface area (Å²) in [4.78, 5) is 71.1. The highest BCUT2D eigenvalue weighted by Gasteiger charge is 2.33. The molecule has 15 nitrogen and oxygen atoms in total. The third-order valence-electron chi connectivity index (χ3n) is 5.07. The highest BCUT2D eigenvalue weighted by molar-refractivity contribution is 5.95. The molecule has 5 atom stereocenters. The molecule has 0 radical (unpaired) electrons. The summed E-state index contributed by atoms with van der Waals surface area (Å²) in [5, 5.41) is 52.9. The zero-order chi connectivity index (χ0) is 28.3. The number of carboxylic acids is 3. The number of phenols is 1. The average molecular weight is 526 g/mol. The van der Waals surface area contributed by atoms with Gasteiger partial charge in [0, 0.05) is 12.8 Å². The molecule has 0 aliphatic carbocycles. The van der Waals surface area contributed by atoms with E-state index < -0.39 is 78.7 Å². The molecule has 5 unspecified atom stereocenters. The van der Waals surface area contributed by atoms with E-state index in [-0.39, 0.29) is 18.6 Å². The van der Waals surface area contributed by atoms with Crippen LogP contribution in [0.3, 0.4) is 0 Å². The Morgan fingerprint density at radius 1 is 0.838 bits per heavy atom. The summed E-state index contributed by atoms with van der Waals surface area (Å²) in [6.45, 7) is 1.16. The van der Waals surface area contributed by atoms with Gasteiger partial charge >= 0.3 is 17.9 Å². The first-order valence-corrected chi connectivity index (χ1v) is 11.0. The minimum atomic E-state index is -1.82. The van der Waals surface area contributed by atoms with Crippen molar-refractivity contribution >= 4 is 35.6 Å². The molecule has 0 bridgehead atoms. The standard InChI is InChI=1S/C22H30N4O11/c1-10(27)18(26-19(33)13(23)6-7-16(29)30)21(35)24-14(8-11-2-4-12(28)5-3-11)20(34)25-15(22(36)37)9-17(31)32/h2-5,10,13-15,18,27-28H,6-9,23H2,1H3,(H,24,35)(H,25,34)(H,26,33)(H,29,30)(H,31,32)(H,36,37). The molecule has 3 amide bonds. The smallest absolute Gasteiger partial charge is 0.326 e. The lowest BCUT2D eigenvalue weighted by molar-refractivity contribution is -0.147. The maximum absolute atomic E-state index is 12.9. The van der Waals surface area contributed by atoms with E-state index in [1.54, 1.807) is 0 Å². The third-order valence-corrected chi connectivity index (χ3v) is 5.07. The second-order valence-corrected chi connectivity index (χ2v) is 8.19. The molecule has 0 aliphatic heterocycles. The van der Waals surface area contributed by atoms with Crippen LogP contribution < -0.4 is 21.7 Å². The van der Waals surface area contributed by atoms with Gasteiger partial charge in [-0.3, -0.25) is 24.0 Å². The predicted octanol–water partition coefficient (Wildman–Crippen LogP) is -2.48. The van der Waals surface area contributed by atoms with Crippen molar-refractivity contribution in [3.05, 3.63) is 29.8 Å². The fraction of sp³-hybridized carbons (Fsp3) is 0.455.